The van der Waals surface area contributed by atoms with Crippen molar-refractivity contribution in [1.29, 1.82) is 0 Å². The number of para-hydroxylation sites is 1. The number of aromatic nitrogens is 1. The molecule has 0 unspecified atom stereocenters. The Kier molecular flexibility index (Phi) is 4.26. The van der Waals surface area contributed by atoms with E-state index in [-0.39, 0.29) is 10.6 Å². The third-order valence-electron chi connectivity index (χ3n) is 3.25. The van der Waals surface area contributed by atoms with Crippen LogP contribution in [0.25, 0.3) is 11.3 Å². The fraction of sp³-hybridized carbons (Fsp3) is 0. The second-order valence-electron chi connectivity index (χ2n) is 4.82. The Morgan fingerprint density at radius 3 is 2.26 bits per heavy atom. The Morgan fingerprint density at radius 2 is 1.61 bits per heavy atom. The second kappa shape index (κ2) is 6.50. The number of carbonyl (C=O) groups excluding carboxylic acids is 1. The molecular formula is C18H13ClN2O2. The first-order valence-corrected chi connectivity index (χ1v) is 7.30. The number of pyridine rings is 1. The maximum atomic E-state index is 11.6. The van der Waals surface area contributed by atoms with Crippen molar-refractivity contribution in [3.63, 3.8) is 0 Å². The predicted molar refractivity (Wildman–Crippen MR) is 89.7 cm³/mol. The average Bonchev–Trinajstić information content (AvgIpc) is 2.56. The summed E-state index contributed by atoms with van der Waals surface area (Å²) in [5.41, 5.74) is 6.80. The number of nitrogens with zero attached hydrogens (tertiary/aromatic N) is 1. The highest BCUT2D eigenvalue weighted by atomic mass is 35.5. The number of rotatable bonds is 4. The molecule has 0 spiro atoms. The quantitative estimate of drug-likeness (QED) is 0.778. The minimum absolute atomic E-state index is 0.214. The van der Waals surface area contributed by atoms with Crippen LogP contribution in [0.5, 0.6) is 11.5 Å². The minimum atomic E-state index is -0.609. The molecule has 2 N–H and O–H groups in total. The first kappa shape index (κ1) is 15.1. The van der Waals surface area contributed by atoms with E-state index in [1.165, 1.54) is 6.07 Å². The molecule has 0 fully saturated rings. The third-order valence-corrected chi connectivity index (χ3v) is 3.57. The normalized spacial score (nSPS) is 10.3. The van der Waals surface area contributed by atoms with Crippen LogP contribution < -0.4 is 10.5 Å². The molecule has 114 valence electrons. The average molecular weight is 325 g/mol. The van der Waals surface area contributed by atoms with Crippen molar-refractivity contribution >= 4 is 17.5 Å². The molecule has 1 aromatic heterocycles. The smallest absolute Gasteiger partial charge is 0.252 e. The number of carbonyl (C=O) groups is 1. The summed E-state index contributed by atoms with van der Waals surface area (Å²) < 4.78 is 5.73. The van der Waals surface area contributed by atoms with Gasteiger partial charge in [-0.3, -0.25) is 9.78 Å². The van der Waals surface area contributed by atoms with Gasteiger partial charge in [-0.15, -0.1) is 0 Å². The van der Waals surface area contributed by atoms with E-state index in [0.29, 0.717) is 11.4 Å². The number of primary amides is 1. The Bertz CT molecular complexity index is 833. The van der Waals surface area contributed by atoms with Crippen LogP contribution in [0.1, 0.15) is 10.4 Å². The number of halogens is 1. The van der Waals surface area contributed by atoms with Crippen LogP contribution in [0.15, 0.2) is 66.9 Å². The molecular weight excluding hydrogens is 312 g/mol. The standard InChI is InChI=1S/C18H13ClN2O2/c19-15-10-11-21-17(16(15)18(20)22)12-6-8-14(9-7-12)23-13-4-2-1-3-5-13/h1-11H,(H2,20,22). The van der Waals surface area contributed by atoms with Gasteiger partial charge in [-0.25, -0.2) is 0 Å². The molecule has 1 heterocycles. The largest absolute Gasteiger partial charge is 0.457 e. The molecule has 23 heavy (non-hydrogen) atoms. The van der Waals surface area contributed by atoms with Gasteiger partial charge >= 0.3 is 0 Å². The van der Waals surface area contributed by atoms with Crippen LogP contribution in [0.2, 0.25) is 5.02 Å². The van der Waals surface area contributed by atoms with Gasteiger partial charge in [-0.2, -0.15) is 0 Å². The highest BCUT2D eigenvalue weighted by molar-refractivity contribution is 6.34. The molecule has 0 atom stereocenters. The zero-order chi connectivity index (χ0) is 16.2. The third kappa shape index (κ3) is 3.33. The zero-order valence-electron chi connectivity index (χ0n) is 12.1. The molecule has 0 aliphatic rings. The van der Waals surface area contributed by atoms with Crippen molar-refractivity contribution < 1.29 is 9.53 Å². The van der Waals surface area contributed by atoms with Gasteiger partial charge in [0.15, 0.2) is 0 Å². The fourth-order valence-corrected chi connectivity index (χ4v) is 2.44. The fourth-order valence-electron chi connectivity index (χ4n) is 2.20. The van der Waals surface area contributed by atoms with E-state index < -0.39 is 5.91 Å². The summed E-state index contributed by atoms with van der Waals surface area (Å²) in [6, 6.07) is 18.2. The van der Waals surface area contributed by atoms with Gasteiger partial charge in [0.25, 0.3) is 5.91 Å². The van der Waals surface area contributed by atoms with E-state index in [4.69, 9.17) is 22.1 Å². The van der Waals surface area contributed by atoms with Gasteiger partial charge in [-0.05, 0) is 42.5 Å². The number of hydrogen-bond donors (Lipinski definition) is 1. The van der Waals surface area contributed by atoms with Gasteiger partial charge in [0, 0.05) is 11.8 Å². The van der Waals surface area contributed by atoms with E-state index in [1.807, 2.05) is 42.5 Å². The van der Waals surface area contributed by atoms with Crippen LogP contribution in [-0.2, 0) is 0 Å². The molecule has 0 bridgehead atoms. The summed E-state index contributed by atoms with van der Waals surface area (Å²) in [4.78, 5) is 15.8. The molecule has 0 saturated heterocycles. The van der Waals surface area contributed by atoms with Gasteiger partial charge in [0.2, 0.25) is 0 Å². The van der Waals surface area contributed by atoms with E-state index in [9.17, 15) is 4.79 Å². The number of hydrogen-bond acceptors (Lipinski definition) is 3. The summed E-state index contributed by atoms with van der Waals surface area (Å²) in [7, 11) is 0. The Hall–Kier alpha value is -2.85. The maximum absolute atomic E-state index is 11.6. The topological polar surface area (TPSA) is 65.2 Å². The molecule has 2 aromatic carbocycles. The van der Waals surface area contributed by atoms with Crippen molar-refractivity contribution in [3.05, 3.63) is 77.4 Å². The lowest BCUT2D eigenvalue weighted by Crippen LogP contribution is -2.14. The van der Waals surface area contributed by atoms with Crippen molar-refractivity contribution in [2.75, 3.05) is 0 Å². The van der Waals surface area contributed by atoms with Gasteiger partial charge in [0.1, 0.15) is 11.5 Å². The van der Waals surface area contributed by atoms with Crippen molar-refractivity contribution in [3.8, 4) is 22.8 Å². The van der Waals surface area contributed by atoms with Crippen LogP contribution >= 0.6 is 11.6 Å². The molecule has 1 amide bonds. The molecule has 0 aliphatic heterocycles. The highest BCUT2D eigenvalue weighted by Crippen LogP contribution is 2.29. The van der Waals surface area contributed by atoms with Gasteiger partial charge in [0.05, 0.1) is 16.3 Å². The number of nitrogens with two attached hydrogens (primary N) is 1. The lowest BCUT2D eigenvalue weighted by atomic mass is 10.1. The predicted octanol–water partition coefficient (Wildman–Crippen LogP) is 4.29. The summed E-state index contributed by atoms with van der Waals surface area (Å²) in [5.74, 6) is 0.823. The van der Waals surface area contributed by atoms with Crippen LogP contribution in [0.3, 0.4) is 0 Å². The maximum Gasteiger partial charge on any atom is 0.252 e. The Labute approximate surface area is 138 Å². The second-order valence-corrected chi connectivity index (χ2v) is 5.23. The van der Waals surface area contributed by atoms with Gasteiger partial charge in [-0.1, -0.05) is 29.8 Å². The minimum Gasteiger partial charge on any atom is -0.457 e. The molecule has 4 nitrogen and oxygen atoms in total. The first-order valence-electron chi connectivity index (χ1n) is 6.93. The van der Waals surface area contributed by atoms with E-state index in [2.05, 4.69) is 4.98 Å². The summed E-state index contributed by atoms with van der Waals surface area (Å²) in [6.07, 6.45) is 1.54. The Morgan fingerprint density at radius 1 is 0.957 bits per heavy atom. The van der Waals surface area contributed by atoms with Crippen LogP contribution in [0.4, 0.5) is 0 Å². The summed E-state index contributed by atoms with van der Waals surface area (Å²) in [6.45, 7) is 0. The lowest BCUT2D eigenvalue weighted by molar-refractivity contribution is 0.100. The Balaban J connectivity index is 1.91. The molecule has 0 radical (unpaired) electrons. The SMILES string of the molecule is NC(=O)c1c(Cl)ccnc1-c1ccc(Oc2ccccc2)cc1. The molecule has 0 aliphatic carbocycles. The summed E-state index contributed by atoms with van der Waals surface area (Å²) in [5, 5.41) is 0.284. The van der Waals surface area contributed by atoms with E-state index in [0.717, 1.165) is 11.3 Å². The van der Waals surface area contributed by atoms with Gasteiger partial charge < -0.3 is 10.5 Å². The van der Waals surface area contributed by atoms with Crippen LogP contribution in [0, 0.1) is 0 Å². The van der Waals surface area contributed by atoms with E-state index in [1.54, 1.807) is 18.3 Å². The molecule has 0 saturated carbocycles. The first-order chi connectivity index (χ1) is 11.1. The van der Waals surface area contributed by atoms with Crippen molar-refractivity contribution in [2.24, 2.45) is 5.73 Å². The van der Waals surface area contributed by atoms with Crippen molar-refractivity contribution in [2.45, 2.75) is 0 Å². The number of ether oxygens (including phenoxy) is 1. The molecule has 3 rings (SSSR count). The molecule has 3 aromatic rings. The summed E-state index contributed by atoms with van der Waals surface area (Å²) >= 11 is 6.05. The van der Waals surface area contributed by atoms with Crippen molar-refractivity contribution in [1.82, 2.24) is 4.98 Å². The lowest BCUT2D eigenvalue weighted by Gasteiger charge is -2.09. The van der Waals surface area contributed by atoms with Crippen LogP contribution in [-0.4, -0.2) is 10.9 Å². The number of amides is 1. The zero-order valence-corrected chi connectivity index (χ0v) is 12.8. The monoisotopic (exact) mass is 324 g/mol. The number of benzene rings is 2. The highest BCUT2D eigenvalue weighted by Gasteiger charge is 2.15. The molecule has 5 heteroatoms. The van der Waals surface area contributed by atoms with E-state index >= 15 is 0 Å².